The molecular formula is C15H27N5O. The summed E-state index contributed by atoms with van der Waals surface area (Å²) in [4.78, 5) is 4.20. The molecule has 118 valence electrons. The first kappa shape index (κ1) is 15.8. The van der Waals surface area contributed by atoms with Gasteiger partial charge in [-0.3, -0.25) is 9.67 Å². The lowest BCUT2D eigenvalue weighted by Gasteiger charge is -2.12. The molecule has 0 atom stereocenters. The lowest BCUT2D eigenvalue weighted by atomic mass is 10.4. The molecule has 0 unspecified atom stereocenters. The predicted molar refractivity (Wildman–Crippen MR) is 84.5 cm³/mol. The number of guanidine groups is 1. The fourth-order valence-corrected chi connectivity index (χ4v) is 2.01. The summed E-state index contributed by atoms with van der Waals surface area (Å²) in [6.07, 6.45) is 7.62. The molecule has 6 heteroatoms. The Bertz CT molecular complexity index is 439. The van der Waals surface area contributed by atoms with Gasteiger partial charge in [0.25, 0.3) is 0 Å². The summed E-state index contributed by atoms with van der Waals surface area (Å²) in [6.45, 7) is 6.33. The average Bonchev–Trinajstić information content (AvgIpc) is 3.22. The van der Waals surface area contributed by atoms with Crippen LogP contribution in [0.4, 0.5) is 0 Å². The standard InChI is InChI=1S/C15H27N5O/c1-13-10-19-20(11-13)8-7-18-15(16-2)17-6-3-9-21-12-14-4-5-14/h10-11,14H,3-9,12H2,1-2H3,(H2,16,17,18). The molecule has 0 aliphatic heterocycles. The molecule has 1 aromatic heterocycles. The second-order valence-electron chi connectivity index (χ2n) is 5.58. The summed E-state index contributed by atoms with van der Waals surface area (Å²) in [5, 5.41) is 10.8. The summed E-state index contributed by atoms with van der Waals surface area (Å²) in [5.74, 6) is 1.68. The maximum Gasteiger partial charge on any atom is 0.191 e. The third kappa shape index (κ3) is 6.62. The first-order chi connectivity index (χ1) is 10.3. The number of nitrogens with zero attached hydrogens (tertiary/aromatic N) is 3. The Morgan fingerprint density at radius 3 is 2.90 bits per heavy atom. The van der Waals surface area contributed by atoms with Crippen molar-refractivity contribution in [3.8, 4) is 0 Å². The Hall–Kier alpha value is -1.56. The molecule has 1 heterocycles. The molecule has 0 radical (unpaired) electrons. The first-order valence-electron chi connectivity index (χ1n) is 7.79. The monoisotopic (exact) mass is 293 g/mol. The van der Waals surface area contributed by atoms with Crippen molar-refractivity contribution in [2.24, 2.45) is 10.9 Å². The lowest BCUT2D eigenvalue weighted by Crippen LogP contribution is -2.39. The number of aryl methyl sites for hydroxylation is 1. The number of nitrogens with one attached hydrogen (secondary N) is 2. The van der Waals surface area contributed by atoms with Crippen molar-refractivity contribution >= 4 is 5.96 Å². The number of rotatable bonds is 9. The van der Waals surface area contributed by atoms with Gasteiger partial charge in [0.2, 0.25) is 0 Å². The SMILES string of the molecule is CN=C(NCCCOCC1CC1)NCCn1cc(C)cn1. The van der Waals surface area contributed by atoms with Crippen LogP contribution in [-0.4, -0.2) is 49.1 Å². The number of aromatic nitrogens is 2. The van der Waals surface area contributed by atoms with Crippen LogP contribution in [0.15, 0.2) is 17.4 Å². The maximum absolute atomic E-state index is 5.60. The highest BCUT2D eigenvalue weighted by atomic mass is 16.5. The third-order valence-corrected chi connectivity index (χ3v) is 3.43. The van der Waals surface area contributed by atoms with Crippen molar-refractivity contribution in [2.75, 3.05) is 33.4 Å². The Kier molecular flexibility index (Phi) is 6.53. The second kappa shape index (κ2) is 8.67. The van der Waals surface area contributed by atoms with E-state index in [9.17, 15) is 0 Å². The number of ether oxygens (including phenoxy) is 1. The van der Waals surface area contributed by atoms with Crippen molar-refractivity contribution < 1.29 is 4.74 Å². The van der Waals surface area contributed by atoms with Crippen LogP contribution in [0.5, 0.6) is 0 Å². The van der Waals surface area contributed by atoms with Crippen molar-refractivity contribution in [2.45, 2.75) is 32.7 Å². The van der Waals surface area contributed by atoms with Gasteiger partial charge in [-0.15, -0.1) is 0 Å². The van der Waals surface area contributed by atoms with E-state index < -0.39 is 0 Å². The van der Waals surface area contributed by atoms with E-state index in [1.165, 1.54) is 18.4 Å². The molecule has 1 saturated carbocycles. The van der Waals surface area contributed by atoms with Crippen LogP contribution in [0.25, 0.3) is 0 Å². The van der Waals surface area contributed by atoms with E-state index in [4.69, 9.17) is 4.74 Å². The zero-order valence-electron chi connectivity index (χ0n) is 13.1. The summed E-state index contributed by atoms with van der Waals surface area (Å²) < 4.78 is 7.53. The second-order valence-corrected chi connectivity index (χ2v) is 5.58. The van der Waals surface area contributed by atoms with E-state index in [-0.39, 0.29) is 0 Å². The average molecular weight is 293 g/mol. The van der Waals surface area contributed by atoms with Gasteiger partial charge in [-0.1, -0.05) is 0 Å². The van der Waals surface area contributed by atoms with E-state index in [1.54, 1.807) is 7.05 Å². The molecule has 6 nitrogen and oxygen atoms in total. The van der Waals surface area contributed by atoms with Gasteiger partial charge >= 0.3 is 0 Å². The van der Waals surface area contributed by atoms with E-state index in [1.807, 2.05) is 24.0 Å². The zero-order chi connectivity index (χ0) is 14.9. The number of hydrogen-bond donors (Lipinski definition) is 2. The molecule has 1 aromatic rings. The van der Waals surface area contributed by atoms with Crippen LogP contribution in [0, 0.1) is 12.8 Å². The highest BCUT2D eigenvalue weighted by Crippen LogP contribution is 2.28. The topological polar surface area (TPSA) is 63.5 Å². The molecule has 1 aliphatic carbocycles. The Labute approximate surface area is 127 Å². The molecule has 2 N–H and O–H groups in total. The minimum Gasteiger partial charge on any atom is -0.381 e. The molecule has 0 saturated heterocycles. The smallest absolute Gasteiger partial charge is 0.191 e. The number of aliphatic imine (C=N–C) groups is 1. The van der Waals surface area contributed by atoms with Gasteiger partial charge in [-0.25, -0.2) is 0 Å². The van der Waals surface area contributed by atoms with Crippen molar-refractivity contribution in [3.05, 3.63) is 18.0 Å². The first-order valence-corrected chi connectivity index (χ1v) is 7.79. The maximum atomic E-state index is 5.60. The Balaban J connectivity index is 1.49. The molecule has 21 heavy (non-hydrogen) atoms. The van der Waals surface area contributed by atoms with Gasteiger partial charge in [0, 0.05) is 39.5 Å². The summed E-state index contributed by atoms with van der Waals surface area (Å²) in [6, 6.07) is 0. The van der Waals surface area contributed by atoms with Crippen LogP contribution in [-0.2, 0) is 11.3 Å². The predicted octanol–water partition coefficient (Wildman–Crippen LogP) is 1.17. The summed E-state index contributed by atoms with van der Waals surface area (Å²) in [7, 11) is 1.79. The van der Waals surface area contributed by atoms with Crippen LogP contribution in [0.2, 0.25) is 0 Å². The van der Waals surface area contributed by atoms with Crippen LogP contribution in [0.3, 0.4) is 0 Å². The highest BCUT2D eigenvalue weighted by molar-refractivity contribution is 5.79. The largest absolute Gasteiger partial charge is 0.381 e. The van der Waals surface area contributed by atoms with Crippen molar-refractivity contribution in [3.63, 3.8) is 0 Å². The van der Waals surface area contributed by atoms with Crippen molar-refractivity contribution in [1.29, 1.82) is 0 Å². The summed E-state index contributed by atoms with van der Waals surface area (Å²) in [5.41, 5.74) is 1.18. The summed E-state index contributed by atoms with van der Waals surface area (Å²) >= 11 is 0. The van der Waals surface area contributed by atoms with Crippen LogP contribution < -0.4 is 10.6 Å². The minimum atomic E-state index is 0.805. The van der Waals surface area contributed by atoms with Gasteiger partial charge in [0.1, 0.15) is 0 Å². The molecule has 2 rings (SSSR count). The molecule has 0 aromatic carbocycles. The molecule has 0 bridgehead atoms. The quantitative estimate of drug-likeness (QED) is 0.408. The molecule has 1 aliphatic rings. The molecular weight excluding hydrogens is 266 g/mol. The van der Waals surface area contributed by atoms with Crippen LogP contribution >= 0.6 is 0 Å². The third-order valence-electron chi connectivity index (χ3n) is 3.43. The van der Waals surface area contributed by atoms with Gasteiger partial charge in [0.05, 0.1) is 12.7 Å². The highest BCUT2D eigenvalue weighted by Gasteiger charge is 2.20. The zero-order valence-corrected chi connectivity index (χ0v) is 13.1. The van der Waals surface area contributed by atoms with Gasteiger partial charge in [-0.05, 0) is 37.7 Å². The van der Waals surface area contributed by atoms with E-state index in [0.29, 0.717) is 0 Å². The van der Waals surface area contributed by atoms with Gasteiger partial charge in [0.15, 0.2) is 5.96 Å². The minimum absolute atomic E-state index is 0.805. The lowest BCUT2D eigenvalue weighted by molar-refractivity contribution is 0.123. The van der Waals surface area contributed by atoms with Gasteiger partial charge < -0.3 is 15.4 Å². The fraction of sp³-hybridized carbons (Fsp3) is 0.733. The van der Waals surface area contributed by atoms with E-state index in [2.05, 4.69) is 20.7 Å². The molecule has 1 fully saturated rings. The van der Waals surface area contributed by atoms with Gasteiger partial charge in [-0.2, -0.15) is 5.10 Å². The van der Waals surface area contributed by atoms with Crippen molar-refractivity contribution in [1.82, 2.24) is 20.4 Å². The Morgan fingerprint density at radius 2 is 2.24 bits per heavy atom. The van der Waals surface area contributed by atoms with E-state index >= 15 is 0 Å². The Morgan fingerprint density at radius 1 is 1.43 bits per heavy atom. The number of hydrogen-bond acceptors (Lipinski definition) is 3. The normalized spacial score (nSPS) is 15.2. The molecule has 0 spiro atoms. The van der Waals surface area contributed by atoms with Crippen LogP contribution in [0.1, 0.15) is 24.8 Å². The molecule has 0 amide bonds. The fourth-order valence-electron chi connectivity index (χ4n) is 2.01. The van der Waals surface area contributed by atoms with E-state index in [0.717, 1.165) is 51.1 Å².